The van der Waals surface area contributed by atoms with E-state index in [0.717, 1.165) is 49.3 Å². The molecule has 0 spiro atoms. The van der Waals surface area contributed by atoms with Gasteiger partial charge in [0.15, 0.2) is 0 Å². The number of urea groups is 1. The van der Waals surface area contributed by atoms with Gasteiger partial charge in [0.1, 0.15) is 0 Å². The van der Waals surface area contributed by atoms with Gasteiger partial charge in [-0.1, -0.05) is 0 Å². The van der Waals surface area contributed by atoms with E-state index in [-0.39, 0.29) is 24.1 Å². The SMILES string of the molecule is CN1CCC(C2CCN(C(=O)[C@H](CC(=O)N3CCC(N4Cc5sccc5NC4=O)CC3)Cc3cc(C(F)(F)F)c(N)c(C(F)(F)F)c3)CC2)CC1. The van der Waals surface area contributed by atoms with Crippen LogP contribution in [-0.4, -0.2) is 89.8 Å². The highest BCUT2D eigenvalue weighted by Crippen LogP contribution is 2.43. The number of benzene rings is 1. The summed E-state index contributed by atoms with van der Waals surface area (Å²) in [5.41, 5.74) is 1.14. The van der Waals surface area contributed by atoms with Crippen molar-refractivity contribution in [3.8, 4) is 0 Å². The van der Waals surface area contributed by atoms with Crippen molar-refractivity contribution in [2.24, 2.45) is 17.8 Å². The number of anilines is 2. The number of likely N-dealkylation sites (tertiary alicyclic amines) is 3. The maximum Gasteiger partial charge on any atom is 0.418 e. The van der Waals surface area contributed by atoms with E-state index in [9.17, 15) is 40.7 Å². The largest absolute Gasteiger partial charge is 0.418 e. The number of amides is 4. The smallest absolute Gasteiger partial charge is 0.398 e. The van der Waals surface area contributed by atoms with Gasteiger partial charge in [-0.05, 0) is 106 Å². The van der Waals surface area contributed by atoms with Crippen molar-refractivity contribution >= 4 is 40.6 Å². The number of nitrogens with one attached hydrogen (secondary N) is 1. The molecule has 5 heterocycles. The Morgan fingerprint density at radius 2 is 1.43 bits per heavy atom. The molecule has 0 unspecified atom stereocenters. The Bertz CT molecular complexity index is 1560. The lowest BCUT2D eigenvalue weighted by Crippen LogP contribution is -2.51. The normalized spacial score (nSPS) is 21.1. The van der Waals surface area contributed by atoms with Crippen molar-refractivity contribution in [2.45, 2.75) is 76.3 Å². The van der Waals surface area contributed by atoms with E-state index in [0.29, 0.717) is 69.5 Å². The third kappa shape index (κ3) is 8.42. The molecule has 6 rings (SSSR count). The standard InChI is InChI=1S/C35H44F6N6O3S/c1-44-9-2-22(3-10-44)23-4-11-46(12-5-23)32(49)24(16-21-17-26(34(36,37)38)31(42)27(18-21)35(39,40)41)19-30(48)45-13-6-25(7-14-45)47-20-29-28(8-15-51-29)43-33(47)50/h8,15,17-18,22-25H,2-7,9-14,16,19-20,42H2,1H3,(H,43,50)/t24-/m0/s1. The summed E-state index contributed by atoms with van der Waals surface area (Å²) in [6.45, 7) is 3.90. The fourth-order valence-corrected chi connectivity index (χ4v) is 9.06. The highest BCUT2D eigenvalue weighted by atomic mass is 32.1. The summed E-state index contributed by atoms with van der Waals surface area (Å²) < 4.78 is 83.3. The van der Waals surface area contributed by atoms with E-state index in [1.165, 1.54) is 0 Å². The van der Waals surface area contributed by atoms with Crippen molar-refractivity contribution in [1.29, 1.82) is 0 Å². The molecule has 0 bridgehead atoms. The van der Waals surface area contributed by atoms with Gasteiger partial charge < -0.3 is 30.7 Å². The summed E-state index contributed by atoms with van der Waals surface area (Å²) >= 11 is 1.54. The number of carbonyl (C=O) groups excluding carboxylic acids is 3. The van der Waals surface area contributed by atoms with E-state index in [1.54, 1.807) is 26.0 Å². The first-order valence-corrected chi connectivity index (χ1v) is 18.4. The van der Waals surface area contributed by atoms with E-state index in [4.69, 9.17) is 5.73 Å². The van der Waals surface area contributed by atoms with Crippen LogP contribution in [0.5, 0.6) is 0 Å². The van der Waals surface area contributed by atoms with E-state index >= 15 is 0 Å². The Hall–Kier alpha value is -3.53. The molecule has 4 amide bonds. The van der Waals surface area contributed by atoms with E-state index in [1.807, 2.05) is 11.4 Å². The van der Waals surface area contributed by atoms with Crippen LogP contribution in [0.1, 0.15) is 66.5 Å². The highest BCUT2D eigenvalue weighted by Gasteiger charge is 2.42. The summed E-state index contributed by atoms with van der Waals surface area (Å²) in [5.74, 6) is -1.06. The average Bonchev–Trinajstić information content (AvgIpc) is 3.54. The molecule has 16 heteroatoms. The number of rotatable bonds is 7. The third-order valence-electron chi connectivity index (χ3n) is 11.2. The number of alkyl halides is 6. The number of piperidine rings is 3. The van der Waals surface area contributed by atoms with Crippen molar-refractivity contribution in [3.63, 3.8) is 0 Å². The quantitative estimate of drug-likeness (QED) is 0.248. The number of hydrogen-bond donors (Lipinski definition) is 2. The van der Waals surface area contributed by atoms with Crippen molar-refractivity contribution in [1.82, 2.24) is 19.6 Å². The van der Waals surface area contributed by atoms with Crippen molar-refractivity contribution in [3.05, 3.63) is 45.1 Å². The van der Waals surface area contributed by atoms with Gasteiger partial charge in [-0.15, -0.1) is 11.3 Å². The maximum absolute atomic E-state index is 14.1. The molecule has 51 heavy (non-hydrogen) atoms. The second-order valence-corrected chi connectivity index (χ2v) is 15.4. The zero-order valence-corrected chi connectivity index (χ0v) is 29.3. The van der Waals surface area contributed by atoms with Crippen LogP contribution in [0.15, 0.2) is 23.6 Å². The fraction of sp³-hybridized carbons (Fsp3) is 0.629. The van der Waals surface area contributed by atoms with Gasteiger partial charge in [0.2, 0.25) is 11.8 Å². The number of carbonyl (C=O) groups is 3. The van der Waals surface area contributed by atoms with Crippen LogP contribution in [0.2, 0.25) is 0 Å². The molecule has 280 valence electrons. The van der Waals surface area contributed by atoms with E-state index < -0.39 is 53.3 Å². The van der Waals surface area contributed by atoms with Crippen molar-refractivity contribution < 1.29 is 40.7 Å². The predicted molar refractivity (Wildman–Crippen MR) is 181 cm³/mol. The molecule has 4 aliphatic heterocycles. The minimum Gasteiger partial charge on any atom is -0.398 e. The minimum absolute atomic E-state index is 0.121. The molecule has 1 atom stereocenters. The van der Waals surface area contributed by atoms with Crippen LogP contribution in [0.25, 0.3) is 0 Å². The molecule has 0 saturated carbocycles. The number of thiophene rings is 1. The maximum atomic E-state index is 14.1. The molecule has 1 aromatic heterocycles. The molecule has 9 nitrogen and oxygen atoms in total. The van der Waals surface area contributed by atoms with Crippen LogP contribution in [0.4, 0.5) is 42.5 Å². The van der Waals surface area contributed by atoms with Crippen LogP contribution in [0.3, 0.4) is 0 Å². The Balaban J connectivity index is 1.17. The van der Waals surface area contributed by atoms with Gasteiger partial charge in [-0.2, -0.15) is 26.3 Å². The summed E-state index contributed by atoms with van der Waals surface area (Å²) in [4.78, 5) is 48.9. The Morgan fingerprint density at radius 3 is 2.00 bits per heavy atom. The number of nitrogens with zero attached hydrogens (tertiary/aromatic N) is 4. The monoisotopic (exact) mass is 742 g/mol. The lowest BCUT2D eigenvalue weighted by atomic mass is 9.78. The number of fused-ring (bicyclic) bond motifs is 1. The molecular formula is C35H44F6N6O3S. The first-order chi connectivity index (χ1) is 24.1. The molecule has 0 radical (unpaired) electrons. The number of nitrogens with two attached hydrogens (primary N) is 1. The number of hydrogen-bond acceptors (Lipinski definition) is 6. The zero-order chi connectivity index (χ0) is 36.7. The first-order valence-electron chi connectivity index (χ1n) is 17.5. The molecule has 3 N–H and O–H groups in total. The Labute approximate surface area is 297 Å². The van der Waals surface area contributed by atoms with Gasteiger partial charge in [-0.3, -0.25) is 9.59 Å². The van der Waals surface area contributed by atoms with Gasteiger partial charge >= 0.3 is 18.4 Å². The molecule has 3 saturated heterocycles. The second-order valence-electron chi connectivity index (χ2n) is 14.4. The molecule has 2 aromatic rings. The molecule has 0 aliphatic carbocycles. The molecule has 1 aromatic carbocycles. The van der Waals surface area contributed by atoms with Gasteiger partial charge in [0, 0.05) is 43.5 Å². The number of halogens is 6. The molecular weight excluding hydrogens is 698 g/mol. The zero-order valence-electron chi connectivity index (χ0n) is 28.5. The summed E-state index contributed by atoms with van der Waals surface area (Å²) in [5, 5.41) is 4.80. The highest BCUT2D eigenvalue weighted by molar-refractivity contribution is 7.10. The predicted octanol–water partition coefficient (Wildman–Crippen LogP) is 6.54. The van der Waals surface area contributed by atoms with E-state index in [2.05, 4.69) is 17.3 Å². The second kappa shape index (κ2) is 14.8. The Kier molecular flexibility index (Phi) is 10.8. The summed E-state index contributed by atoms with van der Waals surface area (Å²) in [6, 6.07) is 2.65. The average molecular weight is 743 g/mol. The van der Waals surface area contributed by atoms with Gasteiger partial charge in [-0.25, -0.2) is 4.79 Å². The first kappa shape index (κ1) is 37.2. The topological polar surface area (TPSA) is 102 Å². The van der Waals surface area contributed by atoms with Gasteiger partial charge in [0.05, 0.1) is 35.0 Å². The lowest BCUT2D eigenvalue weighted by Gasteiger charge is -2.41. The Morgan fingerprint density at radius 1 is 0.882 bits per heavy atom. The third-order valence-corrected chi connectivity index (χ3v) is 12.1. The van der Waals surface area contributed by atoms with Crippen LogP contribution in [-0.2, 0) is 34.9 Å². The fourth-order valence-electron chi connectivity index (χ4n) is 8.23. The van der Waals surface area contributed by atoms with Gasteiger partial charge in [0.25, 0.3) is 0 Å². The van der Waals surface area contributed by atoms with Crippen molar-refractivity contribution in [2.75, 3.05) is 57.4 Å². The van der Waals surface area contributed by atoms with Crippen LogP contribution >= 0.6 is 11.3 Å². The summed E-state index contributed by atoms with van der Waals surface area (Å²) in [6.07, 6.45) is -6.55. The minimum atomic E-state index is -5.16. The lowest BCUT2D eigenvalue weighted by molar-refractivity contribution is -0.143. The molecule has 3 fully saturated rings. The van der Waals surface area contributed by atoms with Crippen LogP contribution < -0.4 is 11.1 Å². The molecule has 4 aliphatic rings. The summed E-state index contributed by atoms with van der Waals surface area (Å²) in [7, 11) is 2.09. The number of nitrogen functional groups attached to an aromatic ring is 1. The van der Waals surface area contributed by atoms with Crippen LogP contribution in [0, 0.1) is 17.8 Å².